The Kier molecular flexibility index (Phi) is 5.02. The van der Waals surface area contributed by atoms with Crippen molar-refractivity contribution in [3.05, 3.63) is 65.0 Å². The van der Waals surface area contributed by atoms with E-state index in [1.807, 2.05) is 0 Å². The Morgan fingerprint density at radius 2 is 1.78 bits per heavy atom. The van der Waals surface area contributed by atoms with Crippen molar-refractivity contribution in [1.82, 2.24) is 5.32 Å². The van der Waals surface area contributed by atoms with Gasteiger partial charge in [-0.05, 0) is 55.0 Å². The van der Waals surface area contributed by atoms with Crippen molar-refractivity contribution in [2.45, 2.75) is 6.92 Å². The van der Waals surface area contributed by atoms with Crippen LogP contribution in [0, 0.1) is 12.7 Å². The standard InChI is InChI=1S/C16H13FN2O3S/c1-9-12(15(21)22)3-2-4-13(9)18-16(23)19-14(20)10-5-7-11(17)8-6-10/h2-8H,1H3,(H,21,22)(H2,18,19,20,23)/p-1. The summed E-state index contributed by atoms with van der Waals surface area (Å²) in [5, 5.41) is 16.2. The van der Waals surface area contributed by atoms with Gasteiger partial charge in [-0.25, -0.2) is 4.39 Å². The number of thiocarbonyl (C=S) groups is 1. The van der Waals surface area contributed by atoms with E-state index in [-0.39, 0.29) is 16.2 Å². The maximum absolute atomic E-state index is 12.8. The van der Waals surface area contributed by atoms with Crippen molar-refractivity contribution in [2.24, 2.45) is 0 Å². The molecule has 0 aromatic heterocycles. The number of amides is 1. The first kappa shape index (κ1) is 16.6. The molecule has 23 heavy (non-hydrogen) atoms. The molecular formula is C16H12FN2O3S-. The second-order valence-corrected chi connectivity index (χ2v) is 5.09. The zero-order valence-electron chi connectivity index (χ0n) is 12.1. The largest absolute Gasteiger partial charge is 0.545 e. The van der Waals surface area contributed by atoms with Crippen LogP contribution in [-0.2, 0) is 0 Å². The molecule has 0 fully saturated rings. The molecule has 1 amide bonds. The van der Waals surface area contributed by atoms with Gasteiger partial charge < -0.3 is 15.2 Å². The highest BCUT2D eigenvalue weighted by atomic mass is 32.1. The van der Waals surface area contributed by atoms with E-state index in [0.717, 1.165) is 0 Å². The minimum absolute atomic E-state index is 0.00192. The highest BCUT2D eigenvalue weighted by Gasteiger charge is 2.10. The molecule has 0 aliphatic carbocycles. The number of rotatable bonds is 3. The van der Waals surface area contributed by atoms with Gasteiger partial charge in [0, 0.05) is 16.8 Å². The van der Waals surface area contributed by atoms with Gasteiger partial charge in [0.2, 0.25) is 0 Å². The van der Waals surface area contributed by atoms with Crippen LogP contribution >= 0.6 is 12.2 Å². The lowest BCUT2D eigenvalue weighted by Crippen LogP contribution is -2.34. The number of hydrogen-bond donors (Lipinski definition) is 2. The van der Waals surface area contributed by atoms with E-state index < -0.39 is 17.7 Å². The van der Waals surface area contributed by atoms with Crippen LogP contribution in [0.1, 0.15) is 26.3 Å². The fraction of sp³-hybridized carbons (Fsp3) is 0.0625. The van der Waals surface area contributed by atoms with E-state index in [2.05, 4.69) is 10.6 Å². The van der Waals surface area contributed by atoms with Gasteiger partial charge in [-0.1, -0.05) is 12.1 Å². The molecule has 2 aromatic rings. The van der Waals surface area contributed by atoms with E-state index in [9.17, 15) is 19.1 Å². The van der Waals surface area contributed by atoms with Gasteiger partial charge in [0.05, 0.1) is 5.97 Å². The summed E-state index contributed by atoms with van der Waals surface area (Å²) in [6, 6.07) is 9.56. The van der Waals surface area contributed by atoms with Crippen molar-refractivity contribution in [3.63, 3.8) is 0 Å². The number of carbonyl (C=O) groups excluding carboxylic acids is 2. The number of anilines is 1. The summed E-state index contributed by atoms with van der Waals surface area (Å²) < 4.78 is 12.8. The molecule has 0 radical (unpaired) electrons. The van der Waals surface area contributed by atoms with Gasteiger partial charge >= 0.3 is 0 Å². The molecule has 5 nitrogen and oxygen atoms in total. The number of carboxylic acids is 1. The Balaban J connectivity index is 2.08. The third-order valence-electron chi connectivity index (χ3n) is 3.14. The summed E-state index contributed by atoms with van der Waals surface area (Å²) in [5.41, 5.74) is 1.15. The summed E-state index contributed by atoms with van der Waals surface area (Å²) in [6.45, 7) is 1.60. The first-order valence-corrected chi connectivity index (χ1v) is 6.98. The molecule has 2 N–H and O–H groups in total. The number of nitrogens with one attached hydrogen (secondary N) is 2. The van der Waals surface area contributed by atoms with E-state index in [0.29, 0.717) is 11.3 Å². The predicted octanol–water partition coefficient (Wildman–Crippen LogP) is 1.62. The molecular weight excluding hydrogens is 319 g/mol. The normalized spacial score (nSPS) is 10.0. The quantitative estimate of drug-likeness (QED) is 0.836. The number of aromatic carboxylic acids is 1. The molecule has 0 bridgehead atoms. The molecule has 0 saturated carbocycles. The fourth-order valence-electron chi connectivity index (χ4n) is 1.92. The molecule has 0 heterocycles. The van der Waals surface area contributed by atoms with Gasteiger partial charge in [-0.2, -0.15) is 0 Å². The highest BCUT2D eigenvalue weighted by Crippen LogP contribution is 2.18. The molecule has 0 atom stereocenters. The monoisotopic (exact) mass is 331 g/mol. The second kappa shape index (κ2) is 6.97. The van der Waals surface area contributed by atoms with Gasteiger partial charge in [-0.3, -0.25) is 10.1 Å². The Labute approximate surface area is 137 Å². The van der Waals surface area contributed by atoms with E-state index >= 15 is 0 Å². The molecule has 118 valence electrons. The van der Waals surface area contributed by atoms with E-state index in [4.69, 9.17) is 12.2 Å². The Morgan fingerprint density at radius 3 is 2.39 bits per heavy atom. The molecule has 0 aliphatic heterocycles. The minimum Gasteiger partial charge on any atom is -0.545 e. The Morgan fingerprint density at radius 1 is 1.13 bits per heavy atom. The van der Waals surface area contributed by atoms with Crippen LogP contribution in [0.15, 0.2) is 42.5 Å². The number of benzene rings is 2. The van der Waals surface area contributed by atoms with Gasteiger partial charge in [0.1, 0.15) is 5.82 Å². The first-order chi connectivity index (χ1) is 10.9. The maximum Gasteiger partial charge on any atom is 0.257 e. The van der Waals surface area contributed by atoms with Crippen molar-refractivity contribution >= 4 is 34.9 Å². The summed E-state index contributed by atoms with van der Waals surface area (Å²) in [6.07, 6.45) is 0. The van der Waals surface area contributed by atoms with Gasteiger partial charge in [-0.15, -0.1) is 0 Å². The smallest absolute Gasteiger partial charge is 0.257 e. The zero-order chi connectivity index (χ0) is 17.0. The molecule has 0 spiro atoms. The summed E-state index contributed by atoms with van der Waals surface area (Å²) in [7, 11) is 0. The fourth-order valence-corrected chi connectivity index (χ4v) is 2.12. The topological polar surface area (TPSA) is 81.3 Å². The highest BCUT2D eigenvalue weighted by molar-refractivity contribution is 7.80. The molecule has 7 heteroatoms. The summed E-state index contributed by atoms with van der Waals surface area (Å²) >= 11 is 5.03. The van der Waals surface area contributed by atoms with Crippen molar-refractivity contribution in [2.75, 3.05) is 5.32 Å². The van der Waals surface area contributed by atoms with Crippen LogP contribution < -0.4 is 15.7 Å². The van der Waals surface area contributed by atoms with Gasteiger partial charge in [0.15, 0.2) is 5.11 Å². The number of carboxylic acid groups (broad SMARTS) is 1. The van der Waals surface area contributed by atoms with Crippen LogP contribution in [0.3, 0.4) is 0 Å². The molecule has 2 rings (SSSR count). The van der Waals surface area contributed by atoms with Crippen LogP contribution in [0.4, 0.5) is 10.1 Å². The lowest BCUT2D eigenvalue weighted by molar-refractivity contribution is -0.255. The number of hydrogen-bond acceptors (Lipinski definition) is 4. The first-order valence-electron chi connectivity index (χ1n) is 6.57. The minimum atomic E-state index is -1.30. The Hall–Kier alpha value is -2.80. The van der Waals surface area contributed by atoms with Crippen LogP contribution in [0.2, 0.25) is 0 Å². The SMILES string of the molecule is Cc1c(NC(=S)NC(=O)c2ccc(F)cc2)cccc1C(=O)[O-]. The number of carbonyl (C=O) groups is 2. The maximum atomic E-state index is 12.8. The van der Waals surface area contributed by atoms with Crippen LogP contribution in [-0.4, -0.2) is 17.0 Å². The van der Waals surface area contributed by atoms with Crippen LogP contribution in [0.25, 0.3) is 0 Å². The van der Waals surface area contributed by atoms with Gasteiger partial charge in [0.25, 0.3) is 5.91 Å². The van der Waals surface area contributed by atoms with E-state index in [1.54, 1.807) is 13.0 Å². The lowest BCUT2D eigenvalue weighted by atomic mass is 10.1. The van der Waals surface area contributed by atoms with Crippen molar-refractivity contribution < 1.29 is 19.1 Å². The molecule has 0 aliphatic rings. The number of halogens is 1. The molecule has 0 saturated heterocycles. The average molecular weight is 331 g/mol. The van der Waals surface area contributed by atoms with E-state index in [1.165, 1.54) is 36.4 Å². The van der Waals surface area contributed by atoms with Crippen LogP contribution in [0.5, 0.6) is 0 Å². The predicted molar refractivity (Wildman–Crippen MR) is 85.6 cm³/mol. The molecule has 0 unspecified atom stereocenters. The third-order valence-corrected chi connectivity index (χ3v) is 3.34. The van der Waals surface area contributed by atoms with Crippen molar-refractivity contribution in [1.29, 1.82) is 0 Å². The Bertz CT molecular complexity index is 775. The summed E-state index contributed by atoms with van der Waals surface area (Å²) in [5.74, 6) is -2.25. The lowest BCUT2D eigenvalue weighted by Gasteiger charge is -2.15. The second-order valence-electron chi connectivity index (χ2n) is 4.68. The zero-order valence-corrected chi connectivity index (χ0v) is 12.9. The van der Waals surface area contributed by atoms with Crippen molar-refractivity contribution in [3.8, 4) is 0 Å². The average Bonchev–Trinajstić information content (AvgIpc) is 2.49. The summed E-state index contributed by atoms with van der Waals surface area (Å²) in [4.78, 5) is 22.9. The third kappa shape index (κ3) is 4.10. The molecule has 2 aromatic carbocycles.